The van der Waals surface area contributed by atoms with Gasteiger partial charge in [0.25, 0.3) is 0 Å². The van der Waals surface area contributed by atoms with Crippen LogP contribution in [0.5, 0.6) is 0 Å². The second kappa shape index (κ2) is 25.7. The average Bonchev–Trinajstić information content (AvgIpc) is 2.76. The summed E-state index contributed by atoms with van der Waals surface area (Å²) in [5.41, 5.74) is 0. The molecule has 0 aromatic carbocycles. The predicted molar refractivity (Wildman–Crippen MR) is 135 cm³/mol. The predicted octanol–water partition coefficient (Wildman–Crippen LogP) is 9.06. The monoisotopic (exact) mass is 440 g/mol. The number of hydrogen-bond donors (Lipinski definition) is 2. The highest BCUT2D eigenvalue weighted by atomic mass is 16.4. The first-order valence-electron chi connectivity index (χ1n) is 14.1. The molecular weight excluding hydrogens is 384 g/mol. The number of carboxylic acid groups (broad SMARTS) is 1. The summed E-state index contributed by atoms with van der Waals surface area (Å²) in [5.74, 6) is -0.706. The Morgan fingerprint density at radius 1 is 0.516 bits per heavy atom. The van der Waals surface area contributed by atoms with E-state index in [4.69, 9.17) is 5.11 Å². The SMILES string of the molecule is CCCC(CCCCCCCCCCCCCCCCCCCCCCCO)C(=O)O. The van der Waals surface area contributed by atoms with E-state index in [1.54, 1.807) is 0 Å². The molecule has 0 saturated heterocycles. The highest BCUT2D eigenvalue weighted by Gasteiger charge is 2.15. The first kappa shape index (κ1) is 30.4. The number of carboxylic acids is 1. The van der Waals surface area contributed by atoms with Gasteiger partial charge in [0, 0.05) is 6.61 Å². The molecule has 0 aromatic rings. The third-order valence-electron chi connectivity index (χ3n) is 6.70. The summed E-state index contributed by atoms with van der Waals surface area (Å²) in [6, 6.07) is 0. The van der Waals surface area contributed by atoms with Gasteiger partial charge in [-0.3, -0.25) is 4.79 Å². The van der Waals surface area contributed by atoms with Crippen molar-refractivity contribution >= 4 is 5.97 Å². The Morgan fingerprint density at radius 2 is 0.806 bits per heavy atom. The molecule has 1 atom stereocenters. The molecule has 0 heterocycles. The normalized spacial score (nSPS) is 12.3. The van der Waals surface area contributed by atoms with Gasteiger partial charge < -0.3 is 10.2 Å². The van der Waals surface area contributed by atoms with Gasteiger partial charge in [-0.05, 0) is 19.3 Å². The van der Waals surface area contributed by atoms with Crippen LogP contribution in [0.2, 0.25) is 0 Å². The molecule has 0 aromatic heterocycles. The van der Waals surface area contributed by atoms with Crippen molar-refractivity contribution in [2.24, 2.45) is 5.92 Å². The Balaban J connectivity index is 3.13. The lowest BCUT2D eigenvalue weighted by atomic mass is 9.96. The number of aliphatic hydroxyl groups is 1. The van der Waals surface area contributed by atoms with E-state index < -0.39 is 5.97 Å². The summed E-state index contributed by atoms with van der Waals surface area (Å²) >= 11 is 0. The van der Waals surface area contributed by atoms with Crippen molar-refractivity contribution in [3.8, 4) is 0 Å². The molecule has 0 spiro atoms. The lowest BCUT2D eigenvalue weighted by Crippen LogP contribution is -2.13. The van der Waals surface area contributed by atoms with Crippen LogP contribution < -0.4 is 0 Å². The minimum absolute atomic E-state index is 0.108. The second-order valence-electron chi connectivity index (χ2n) is 9.76. The maximum Gasteiger partial charge on any atom is 0.306 e. The van der Waals surface area contributed by atoms with Crippen molar-refractivity contribution in [1.29, 1.82) is 0 Å². The van der Waals surface area contributed by atoms with Crippen LogP contribution in [0.3, 0.4) is 0 Å². The molecule has 0 amide bonds. The summed E-state index contributed by atoms with van der Waals surface area (Å²) in [6.07, 6.45) is 30.7. The first-order chi connectivity index (χ1) is 15.2. The van der Waals surface area contributed by atoms with Crippen molar-refractivity contribution in [2.45, 2.75) is 161 Å². The molecule has 0 fully saturated rings. The van der Waals surface area contributed by atoms with Crippen molar-refractivity contribution in [2.75, 3.05) is 6.61 Å². The van der Waals surface area contributed by atoms with Crippen LogP contribution in [0, 0.1) is 5.92 Å². The number of aliphatic hydroxyl groups excluding tert-OH is 1. The topological polar surface area (TPSA) is 57.5 Å². The van der Waals surface area contributed by atoms with Gasteiger partial charge in [-0.2, -0.15) is 0 Å². The van der Waals surface area contributed by atoms with Crippen LogP contribution >= 0.6 is 0 Å². The van der Waals surface area contributed by atoms with Crippen LogP contribution in [0.1, 0.15) is 161 Å². The summed E-state index contributed by atoms with van der Waals surface area (Å²) < 4.78 is 0. The molecule has 0 bridgehead atoms. The van der Waals surface area contributed by atoms with Crippen molar-refractivity contribution < 1.29 is 15.0 Å². The fourth-order valence-electron chi connectivity index (χ4n) is 4.60. The highest BCUT2D eigenvalue weighted by molar-refractivity contribution is 5.69. The number of rotatable bonds is 26. The molecule has 0 aliphatic rings. The van der Waals surface area contributed by atoms with E-state index >= 15 is 0 Å². The highest BCUT2D eigenvalue weighted by Crippen LogP contribution is 2.18. The zero-order chi connectivity index (χ0) is 22.8. The van der Waals surface area contributed by atoms with Crippen molar-refractivity contribution in [3.63, 3.8) is 0 Å². The quantitative estimate of drug-likeness (QED) is 0.132. The molecule has 1 unspecified atom stereocenters. The largest absolute Gasteiger partial charge is 0.481 e. The smallest absolute Gasteiger partial charge is 0.306 e. The summed E-state index contributed by atoms with van der Waals surface area (Å²) in [7, 11) is 0. The van der Waals surface area contributed by atoms with E-state index in [0.29, 0.717) is 6.61 Å². The molecule has 0 saturated carbocycles. The summed E-state index contributed by atoms with van der Waals surface area (Å²) in [4.78, 5) is 11.1. The standard InChI is InChI=1S/C28H56O3/c1-2-24-27(28(30)31)25-22-20-18-16-14-12-10-8-6-4-3-5-7-9-11-13-15-17-19-21-23-26-29/h27,29H,2-26H2,1H3,(H,30,31). The summed E-state index contributed by atoms with van der Waals surface area (Å²) in [6.45, 7) is 2.43. The van der Waals surface area contributed by atoms with E-state index in [1.807, 2.05) is 0 Å². The number of aliphatic carboxylic acids is 1. The number of unbranched alkanes of at least 4 members (excludes halogenated alkanes) is 20. The molecular formula is C28H56O3. The lowest BCUT2D eigenvalue weighted by Gasteiger charge is -2.10. The number of carbonyl (C=O) groups is 1. The molecule has 2 N–H and O–H groups in total. The molecule has 3 nitrogen and oxygen atoms in total. The van der Waals surface area contributed by atoms with Crippen molar-refractivity contribution in [1.82, 2.24) is 0 Å². The van der Waals surface area contributed by atoms with Gasteiger partial charge in [-0.1, -0.05) is 142 Å². The molecule has 0 rings (SSSR count). The Labute approximate surface area is 194 Å². The molecule has 0 aliphatic carbocycles. The van der Waals surface area contributed by atoms with Crippen LogP contribution in [-0.4, -0.2) is 22.8 Å². The maximum absolute atomic E-state index is 11.1. The van der Waals surface area contributed by atoms with E-state index in [-0.39, 0.29) is 5.92 Å². The molecule has 31 heavy (non-hydrogen) atoms. The molecule has 3 heteroatoms. The van der Waals surface area contributed by atoms with Crippen LogP contribution in [-0.2, 0) is 4.79 Å². The van der Waals surface area contributed by atoms with E-state index in [9.17, 15) is 9.90 Å². The average molecular weight is 441 g/mol. The van der Waals surface area contributed by atoms with Gasteiger partial charge >= 0.3 is 5.97 Å². The summed E-state index contributed by atoms with van der Waals surface area (Å²) in [5, 5.41) is 17.9. The third kappa shape index (κ3) is 23.9. The van der Waals surface area contributed by atoms with Gasteiger partial charge in [0.1, 0.15) is 0 Å². The molecule has 0 aliphatic heterocycles. The minimum Gasteiger partial charge on any atom is -0.481 e. The lowest BCUT2D eigenvalue weighted by molar-refractivity contribution is -0.142. The van der Waals surface area contributed by atoms with Crippen LogP contribution in [0.15, 0.2) is 0 Å². The maximum atomic E-state index is 11.1. The Kier molecular flexibility index (Phi) is 25.2. The van der Waals surface area contributed by atoms with Crippen LogP contribution in [0.4, 0.5) is 0 Å². The van der Waals surface area contributed by atoms with E-state index in [1.165, 1.54) is 122 Å². The Bertz CT molecular complexity index is 356. The van der Waals surface area contributed by atoms with Gasteiger partial charge in [-0.25, -0.2) is 0 Å². The Hall–Kier alpha value is -0.570. The van der Waals surface area contributed by atoms with Gasteiger partial charge in [0.2, 0.25) is 0 Å². The first-order valence-corrected chi connectivity index (χ1v) is 14.1. The van der Waals surface area contributed by atoms with E-state index in [2.05, 4.69) is 6.92 Å². The zero-order valence-electron chi connectivity index (χ0n) is 21.1. The minimum atomic E-state index is -0.598. The van der Waals surface area contributed by atoms with Gasteiger partial charge in [-0.15, -0.1) is 0 Å². The molecule has 186 valence electrons. The number of hydrogen-bond acceptors (Lipinski definition) is 2. The molecule has 0 radical (unpaired) electrons. The Morgan fingerprint density at radius 3 is 1.06 bits per heavy atom. The van der Waals surface area contributed by atoms with Gasteiger partial charge in [0.05, 0.1) is 5.92 Å². The van der Waals surface area contributed by atoms with Crippen LogP contribution in [0.25, 0.3) is 0 Å². The second-order valence-corrected chi connectivity index (χ2v) is 9.76. The van der Waals surface area contributed by atoms with Gasteiger partial charge in [0.15, 0.2) is 0 Å². The fraction of sp³-hybridized carbons (Fsp3) is 0.964. The van der Waals surface area contributed by atoms with Crippen molar-refractivity contribution in [3.05, 3.63) is 0 Å². The van der Waals surface area contributed by atoms with E-state index in [0.717, 1.165) is 32.1 Å². The third-order valence-corrected chi connectivity index (χ3v) is 6.70. The zero-order valence-corrected chi connectivity index (χ0v) is 21.1. The fourth-order valence-corrected chi connectivity index (χ4v) is 4.60.